The number of allylic oxidation sites excluding steroid dienone is 1. The van der Waals surface area contributed by atoms with E-state index < -0.39 is 59.7 Å². The second-order valence-electron chi connectivity index (χ2n) is 4.98. The molecule has 0 fully saturated rings. The molecule has 14 heteroatoms. The summed E-state index contributed by atoms with van der Waals surface area (Å²) in [6.07, 6.45) is -0.188. The van der Waals surface area contributed by atoms with Crippen molar-refractivity contribution in [1.82, 2.24) is 0 Å². The topological polar surface area (TPSA) is 140 Å². The van der Waals surface area contributed by atoms with Crippen LogP contribution < -0.4 is 0 Å². The van der Waals surface area contributed by atoms with Gasteiger partial charge in [-0.1, -0.05) is 6.07 Å². The Bertz CT molecular complexity index is 1120. The van der Waals surface area contributed by atoms with Gasteiger partial charge in [-0.05, 0) is 29.3 Å². The number of carboxylic acid groups (broad SMARTS) is 1. The van der Waals surface area contributed by atoms with Crippen molar-refractivity contribution in [3.63, 3.8) is 0 Å². The lowest BCUT2D eigenvalue weighted by atomic mass is 9.86. The summed E-state index contributed by atoms with van der Waals surface area (Å²) in [6.45, 7) is 0. The van der Waals surface area contributed by atoms with Crippen molar-refractivity contribution in [2.75, 3.05) is 0 Å². The first-order valence-electron chi connectivity index (χ1n) is 6.03. The molecule has 0 heterocycles. The number of fused-ring (bicyclic) bond motifs is 1. The van der Waals surface area contributed by atoms with E-state index in [1.54, 1.807) is 0 Å². The third-order valence-corrected chi connectivity index (χ3v) is 8.55. The number of carboxylic acids is 1. The van der Waals surface area contributed by atoms with E-state index in [0.29, 0.717) is 0 Å². The van der Waals surface area contributed by atoms with Crippen molar-refractivity contribution >= 4 is 71.2 Å². The molecule has 2 rings (SSSR count). The molecular formula is C11H7Cl3O8S3. The Morgan fingerprint density at radius 1 is 1.00 bits per heavy atom. The fourth-order valence-corrected chi connectivity index (χ4v) is 5.84. The first kappa shape index (κ1) is 20.5. The number of hydrogen-bond donors (Lipinski definition) is 1. The van der Waals surface area contributed by atoms with Crippen LogP contribution in [0.3, 0.4) is 0 Å². The average molecular weight is 470 g/mol. The van der Waals surface area contributed by atoms with Gasteiger partial charge in [-0.15, -0.1) is 0 Å². The van der Waals surface area contributed by atoms with E-state index >= 15 is 0 Å². The van der Waals surface area contributed by atoms with Gasteiger partial charge in [0.25, 0.3) is 27.2 Å². The van der Waals surface area contributed by atoms with E-state index in [4.69, 9.17) is 32.0 Å². The van der Waals surface area contributed by atoms with Gasteiger partial charge in [0.2, 0.25) is 4.75 Å². The summed E-state index contributed by atoms with van der Waals surface area (Å²) < 4.78 is 67.3. The minimum absolute atomic E-state index is 0.321. The van der Waals surface area contributed by atoms with Crippen molar-refractivity contribution in [3.8, 4) is 0 Å². The van der Waals surface area contributed by atoms with Crippen LogP contribution in [0.5, 0.6) is 0 Å². The van der Waals surface area contributed by atoms with Gasteiger partial charge in [-0.25, -0.2) is 25.3 Å². The fraction of sp³-hybridized carbons (Fsp3) is 0.182. The molecule has 0 saturated heterocycles. The summed E-state index contributed by atoms with van der Waals surface area (Å²) in [5.41, 5.74) is -0.734. The zero-order valence-electron chi connectivity index (χ0n) is 11.7. The first-order valence-corrected chi connectivity index (χ1v) is 13.0. The Morgan fingerprint density at radius 3 is 1.96 bits per heavy atom. The van der Waals surface area contributed by atoms with E-state index in [1.165, 1.54) is 0 Å². The van der Waals surface area contributed by atoms with E-state index in [0.717, 1.165) is 24.3 Å². The minimum atomic E-state index is -4.92. The van der Waals surface area contributed by atoms with Gasteiger partial charge in [0, 0.05) is 38.5 Å². The summed E-state index contributed by atoms with van der Waals surface area (Å²) in [5.74, 6) is -1.95. The normalized spacial score (nSPS) is 21.3. The maximum Gasteiger partial charge on any atom is 0.331 e. The quantitative estimate of drug-likeness (QED) is 0.658. The van der Waals surface area contributed by atoms with Crippen LogP contribution in [-0.4, -0.2) is 36.3 Å². The maximum atomic E-state index is 12.0. The lowest BCUT2D eigenvalue weighted by Crippen LogP contribution is -2.44. The summed E-state index contributed by atoms with van der Waals surface area (Å²) >= 11 is 0. The molecule has 1 atom stereocenters. The Morgan fingerprint density at radius 2 is 1.56 bits per heavy atom. The highest BCUT2D eigenvalue weighted by atomic mass is 35.7. The molecule has 0 radical (unpaired) electrons. The highest BCUT2D eigenvalue weighted by Gasteiger charge is 2.56. The molecule has 1 aromatic rings. The van der Waals surface area contributed by atoms with Gasteiger partial charge in [-0.2, -0.15) is 0 Å². The zero-order chi connectivity index (χ0) is 19.4. The molecule has 0 saturated carbocycles. The van der Waals surface area contributed by atoms with Crippen molar-refractivity contribution in [1.29, 1.82) is 0 Å². The van der Waals surface area contributed by atoms with Gasteiger partial charge in [0.1, 0.15) is 0 Å². The molecule has 8 nitrogen and oxygen atoms in total. The van der Waals surface area contributed by atoms with E-state index in [9.17, 15) is 35.2 Å². The van der Waals surface area contributed by atoms with Crippen LogP contribution in [0.1, 0.15) is 17.5 Å². The van der Waals surface area contributed by atoms with Gasteiger partial charge >= 0.3 is 5.97 Å². The highest BCUT2D eigenvalue weighted by molar-refractivity contribution is 8.17. The Balaban J connectivity index is 3.01. The smallest absolute Gasteiger partial charge is 0.331 e. The third-order valence-electron chi connectivity index (χ3n) is 3.55. The molecule has 1 aliphatic rings. The molecule has 1 aromatic carbocycles. The molecule has 1 N–H and O–H groups in total. The molecule has 25 heavy (non-hydrogen) atoms. The van der Waals surface area contributed by atoms with Crippen molar-refractivity contribution < 1.29 is 35.2 Å². The highest BCUT2D eigenvalue weighted by Crippen LogP contribution is 2.47. The standard InChI is InChI=1S/C11H7Cl3O8S3/c12-23(17,18)7-1-2-9-6(3-7)4-8(24(13,19)20)5-11(9,10(15)16)25(14,21)22/h1-4H,5H2,(H,15,16). The average Bonchev–Trinajstić information content (AvgIpc) is 2.41. The number of halogens is 3. The van der Waals surface area contributed by atoms with Crippen molar-refractivity contribution in [3.05, 3.63) is 34.2 Å². The van der Waals surface area contributed by atoms with Gasteiger partial charge in [0.15, 0.2) is 0 Å². The van der Waals surface area contributed by atoms with Crippen LogP contribution in [0.2, 0.25) is 0 Å². The lowest BCUT2D eigenvalue weighted by molar-refractivity contribution is -0.140. The Hall–Kier alpha value is -0.850. The zero-order valence-corrected chi connectivity index (χ0v) is 16.4. The molecule has 1 aliphatic carbocycles. The second-order valence-corrected chi connectivity index (χ2v) is 13.0. The minimum Gasteiger partial charge on any atom is -0.480 e. The van der Waals surface area contributed by atoms with Gasteiger partial charge < -0.3 is 5.11 Å². The molecule has 138 valence electrons. The Labute approximate surface area is 156 Å². The lowest BCUT2D eigenvalue weighted by Gasteiger charge is -2.31. The van der Waals surface area contributed by atoms with Crippen LogP contribution in [0, 0.1) is 0 Å². The van der Waals surface area contributed by atoms with Crippen LogP contribution in [0.15, 0.2) is 28.0 Å². The number of hydrogen-bond acceptors (Lipinski definition) is 7. The molecular weight excluding hydrogens is 463 g/mol. The van der Waals surface area contributed by atoms with Gasteiger partial charge in [0.05, 0.1) is 9.80 Å². The summed E-state index contributed by atoms with van der Waals surface area (Å²) in [6, 6.07) is 2.61. The molecule has 1 unspecified atom stereocenters. The second kappa shape index (κ2) is 6.10. The van der Waals surface area contributed by atoms with Crippen LogP contribution >= 0.6 is 32.0 Å². The van der Waals surface area contributed by atoms with Gasteiger partial charge in [-0.3, -0.25) is 4.79 Å². The molecule has 0 aromatic heterocycles. The van der Waals surface area contributed by atoms with Crippen LogP contribution in [-0.2, 0) is 36.7 Å². The molecule has 0 bridgehead atoms. The SMILES string of the molecule is O=C(O)C1(S(=O)(=O)Cl)CC(S(=O)(=O)Cl)=Cc2cc(S(=O)(=O)Cl)ccc21. The predicted octanol–water partition coefficient (Wildman–Crippen LogP) is 1.78. The number of rotatable bonds is 4. The first-order chi connectivity index (χ1) is 11.1. The van der Waals surface area contributed by atoms with Crippen molar-refractivity contribution in [2.24, 2.45) is 0 Å². The van der Waals surface area contributed by atoms with Crippen LogP contribution in [0.4, 0.5) is 0 Å². The largest absolute Gasteiger partial charge is 0.480 e. The van der Waals surface area contributed by atoms with E-state index in [2.05, 4.69) is 0 Å². The summed E-state index contributed by atoms with van der Waals surface area (Å²) in [4.78, 5) is 10.5. The number of carbonyl (C=O) groups is 1. The Kier molecular flexibility index (Phi) is 4.99. The van der Waals surface area contributed by atoms with Crippen molar-refractivity contribution in [2.45, 2.75) is 16.1 Å². The monoisotopic (exact) mass is 468 g/mol. The predicted molar refractivity (Wildman–Crippen MR) is 90.9 cm³/mol. The summed E-state index contributed by atoms with van der Waals surface area (Å²) in [7, 11) is 2.05. The van der Waals surface area contributed by atoms with E-state index in [-0.39, 0.29) is 5.56 Å². The summed E-state index contributed by atoms with van der Waals surface area (Å²) in [5, 5.41) is 9.51. The molecule has 0 amide bonds. The van der Waals surface area contributed by atoms with Crippen LogP contribution in [0.25, 0.3) is 6.08 Å². The molecule has 0 aliphatic heterocycles. The number of aliphatic carboxylic acids is 1. The van der Waals surface area contributed by atoms with E-state index in [1.807, 2.05) is 0 Å². The maximum absolute atomic E-state index is 12.0. The fourth-order valence-electron chi connectivity index (χ4n) is 2.41. The third kappa shape index (κ3) is 3.53. The number of benzene rings is 1. The molecule has 0 spiro atoms.